The Morgan fingerprint density at radius 2 is 1.89 bits per heavy atom. The van der Waals surface area contributed by atoms with E-state index in [1.807, 2.05) is 0 Å². The monoisotopic (exact) mass is 377 g/mol. The Kier molecular flexibility index (Phi) is 4.49. The van der Waals surface area contributed by atoms with E-state index in [-0.39, 0.29) is 35.3 Å². The Morgan fingerprint density at radius 1 is 1.07 bits per heavy atom. The van der Waals surface area contributed by atoms with Gasteiger partial charge in [-0.05, 0) is 59.5 Å². The van der Waals surface area contributed by atoms with E-state index in [0.29, 0.717) is 16.5 Å². The van der Waals surface area contributed by atoms with Crippen molar-refractivity contribution in [3.8, 4) is 5.75 Å². The average Bonchev–Trinajstić information content (AvgIpc) is 3.48. The number of aromatic hydroxyl groups is 1. The molecule has 0 aliphatic heterocycles. The molecule has 1 aliphatic carbocycles. The van der Waals surface area contributed by atoms with Gasteiger partial charge in [0, 0.05) is 17.7 Å². The van der Waals surface area contributed by atoms with Gasteiger partial charge >= 0.3 is 5.97 Å². The SMILES string of the molecule is O=C(O)c1ccc2c(NC(=O)c3cc(C4CC4CO)ccc3O)cccc2c1. The molecule has 1 fully saturated rings. The Morgan fingerprint density at radius 3 is 2.61 bits per heavy atom. The molecule has 3 aromatic carbocycles. The molecular weight excluding hydrogens is 358 g/mol. The maximum absolute atomic E-state index is 12.8. The van der Waals surface area contributed by atoms with Crippen LogP contribution in [0.15, 0.2) is 54.6 Å². The standard InChI is InChI=1S/C22H19NO5/c24-11-15-10-17(15)13-5-7-20(25)18(9-13)21(26)23-19-3-1-2-12-8-14(22(27)28)4-6-16(12)19/h1-9,15,17,24-25H,10-11H2,(H,23,26)(H,27,28). The van der Waals surface area contributed by atoms with Crippen molar-refractivity contribution in [1.29, 1.82) is 0 Å². The molecule has 28 heavy (non-hydrogen) atoms. The first-order chi connectivity index (χ1) is 13.5. The van der Waals surface area contributed by atoms with Crippen LogP contribution in [0.1, 0.15) is 38.6 Å². The second-order valence-corrected chi connectivity index (χ2v) is 7.06. The predicted molar refractivity (Wildman–Crippen MR) is 105 cm³/mol. The number of rotatable bonds is 5. The molecule has 6 nitrogen and oxygen atoms in total. The van der Waals surface area contributed by atoms with Gasteiger partial charge in [0.2, 0.25) is 0 Å². The summed E-state index contributed by atoms with van der Waals surface area (Å²) in [5, 5.41) is 32.7. The third-order valence-corrected chi connectivity index (χ3v) is 5.23. The Balaban J connectivity index is 1.64. The lowest BCUT2D eigenvalue weighted by Gasteiger charge is -2.11. The van der Waals surface area contributed by atoms with Crippen molar-refractivity contribution in [2.24, 2.45) is 5.92 Å². The summed E-state index contributed by atoms with van der Waals surface area (Å²) >= 11 is 0. The van der Waals surface area contributed by atoms with Crippen molar-refractivity contribution in [3.05, 3.63) is 71.3 Å². The molecule has 0 aromatic heterocycles. The smallest absolute Gasteiger partial charge is 0.335 e. The van der Waals surface area contributed by atoms with Gasteiger partial charge in [0.15, 0.2) is 0 Å². The molecule has 0 heterocycles. The van der Waals surface area contributed by atoms with Crippen molar-refractivity contribution in [1.82, 2.24) is 0 Å². The summed E-state index contributed by atoms with van der Waals surface area (Å²) in [5.41, 5.74) is 1.79. The largest absolute Gasteiger partial charge is 0.507 e. The lowest BCUT2D eigenvalue weighted by Crippen LogP contribution is -2.13. The number of hydrogen-bond donors (Lipinski definition) is 4. The van der Waals surface area contributed by atoms with Crippen LogP contribution in [-0.4, -0.2) is 33.8 Å². The number of aliphatic hydroxyl groups excluding tert-OH is 1. The molecule has 1 aliphatic rings. The molecular formula is C22H19NO5. The van der Waals surface area contributed by atoms with Gasteiger partial charge in [0.05, 0.1) is 11.1 Å². The first-order valence-corrected chi connectivity index (χ1v) is 8.99. The van der Waals surface area contributed by atoms with Crippen molar-refractivity contribution in [2.75, 3.05) is 11.9 Å². The second-order valence-electron chi connectivity index (χ2n) is 7.06. The predicted octanol–water partition coefficient (Wildman–Crippen LogP) is 3.59. The minimum Gasteiger partial charge on any atom is -0.507 e. The quantitative estimate of drug-likeness (QED) is 0.544. The van der Waals surface area contributed by atoms with Gasteiger partial charge in [-0.3, -0.25) is 4.79 Å². The highest BCUT2D eigenvalue weighted by atomic mass is 16.4. The van der Waals surface area contributed by atoms with Crippen LogP contribution in [0, 0.1) is 5.92 Å². The van der Waals surface area contributed by atoms with Gasteiger partial charge in [-0.25, -0.2) is 4.79 Å². The van der Waals surface area contributed by atoms with E-state index in [4.69, 9.17) is 5.11 Å². The highest BCUT2D eigenvalue weighted by Crippen LogP contribution is 2.47. The van der Waals surface area contributed by atoms with E-state index in [9.17, 15) is 19.8 Å². The van der Waals surface area contributed by atoms with E-state index in [1.54, 1.807) is 42.5 Å². The van der Waals surface area contributed by atoms with Gasteiger partial charge in [-0.2, -0.15) is 0 Å². The summed E-state index contributed by atoms with van der Waals surface area (Å²) < 4.78 is 0. The highest BCUT2D eigenvalue weighted by molar-refractivity contribution is 6.11. The Hall–Kier alpha value is -3.38. The molecule has 4 N–H and O–H groups in total. The maximum atomic E-state index is 12.8. The van der Waals surface area contributed by atoms with Gasteiger partial charge in [-0.15, -0.1) is 0 Å². The number of phenols is 1. The summed E-state index contributed by atoms with van der Waals surface area (Å²) in [6, 6.07) is 14.9. The number of carbonyl (C=O) groups is 2. The molecule has 0 saturated heterocycles. The van der Waals surface area contributed by atoms with E-state index >= 15 is 0 Å². The maximum Gasteiger partial charge on any atom is 0.335 e. The second kappa shape index (κ2) is 6.98. The van der Waals surface area contributed by atoms with Crippen LogP contribution in [0.4, 0.5) is 5.69 Å². The Labute approximate surface area is 161 Å². The van der Waals surface area contributed by atoms with Crippen LogP contribution in [-0.2, 0) is 0 Å². The fourth-order valence-corrected chi connectivity index (χ4v) is 3.54. The summed E-state index contributed by atoms with van der Waals surface area (Å²) in [7, 11) is 0. The van der Waals surface area contributed by atoms with Gasteiger partial charge in [0.25, 0.3) is 5.91 Å². The molecule has 3 aromatic rings. The van der Waals surface area contributed by atoms with Gasteiger partial charge in [0.1, 0.15) is 5.75 Å². The van der Waals surface area contributed by atoms with Crippen LogP contribution in [0.5, 0.6) is 5.75 Å². The fourth-order valence-electron chi connectivity index (χ4n) is 3.54. The van der Waals surface area contributed by atoms with E-state index < -0.39 is 11.9 Å². The van der Waals surface area contributed by atoms with Crippen LogP contribution in [0.25, 0.3) is 10.8 Å². The number of benzene rings is 3. The van der Waals surface area contributed by atoms with Gasteiger partial charge in [-0.1, -0.05) is 24.3 Å². The number of carboxylic acid groups (broad SMARTS) is 1. The highest BCUT2D eigenvalue weighted by Gasteiger charge is 2.38. The third-order valence-electron chi connectivity index (χ3n) is 5.23. The number of anilines is 1. The molecule has 0 spiro atoms. The minimum absolute atomic E-state index is 0.113. The van der Waals surface area contributed by atoms with Crippen LogP contribution in [0.2, 0.25) is 0 Å². The lowest BCUT2D eigenvalue weighted by molar-refractivity contribution is 0.0696. The number of nitrogens with one attached hydrogen (secondary N) is 1. The van der Waals surface area contributed by atoms with Crippen LogP contribution < -0.4 is 5.32 Å². The number of fused-ring (bicyclic) bond motifs is 1. The first kappa shape index (κ1) is 18.0. The van der Waals surface area contributed by atoms with Crippen molar-refractivity contribution < 1.29 is 24.9 Å². The summed E-state index contributed by atoms with van der Waals surface area (Å²) in [6.07, 6.45) is 0.873. The van der Waals surface area contributed by atoms with E-state index in [2.05, 4.69) is 5.32 Å². The lowest BCUT2D eigenvalue weighted by atomic mass is 10.0. The average molecular weight is 377 g/mol. The van der Waals surface area contributed by atoms with E-state index in [1.165, 1.54) is 12.1 Å². The number of hydrogen-bond acceptors (Lipinski definition) is 4. The zero-order chi connectivity index (χ0) is 19.8. The zero-order valence-corrected chi connectivity index (χ0v) is 14.9. The van der Waals surface area contributed by atoms with Crippen molar-refractivity contribution in [2.45, 2.75) is 12.3 Å². The number of aromatic carboxylic acids is 1. The molecule has 0 bridgehead atoms. The van der Waals surface area contributed by atoms with E-state index in [0.717, 1.165) is 12.0 Å². The van der Waals surface area contributed by atoms with Gasteiger partial charge < -0.3 is 20.6 Å². The molecule has 142 valence electrons. The minimum atomic E-state index is -1.01. The molecule has 2 unspecified atom stereocenters. The molecule has 1 saturated carbocycles. The number of carboxylic acids is 1. The molecule has 1 amide bonds. The number of amides is 1. The topological polar surface area (TPSA) is 107 Å². The Bertz CT molecular complexity index is 1090. The molecule has 6 heteroatoms. The zero-order valence-electron chi connectivity index (χ0n) is 14.9. The number of carbonyl (C=O) groups excluding carboxylic acids is 1. The normalized spacial score (nSPS) is 18.0. The number of phenolic OH excluding ortho intramolecular Hbond substituents is 1. The van der Waals surface area contributed by atoms with Crippen molar-refractivity contribution >= 4 is 28.3 Å². The molecule has 0 radical (unpaired) electrons. The summed E-state index contributed by atoms with van der Waals surface area (Å²) in [6.45, 7) is 0.113. The summed E-state index contributed by atoms with van der Waals surface area (Å²) in [5.74, 6) is -1.16. The third kappa shape index (κ3) is 3.30. The molecule has 2 atom stereocenters. The first-order valence-electron chi connectivity index (χ1n) is 8.99. The summed E-state index contributed by atoms with van der Waals surface area (Å²) in [4.78, 5) is 23.9. The molecule has 4 rings (SSSR count). The van der Waals surface area contributed by atoms with Crippen molar-refractivity contribution in [3.63, 3.8) is 0 Å². The number of aliphatic hydroxyl groups is 1. The van der Waals surface area contributed by atoms with Crippen LogP contribution >= 0.6 is 0 Å². The van der Waals surface area contributed by atoms with Crippen LogP contribution in [0.3, 0.4) is 0 Å². The fraction of sp³-hybridized carbons (Fsp3) is 0.182.